The van der Waals surface area contributed by atoms with Crippen LogP contribution in [0.4, 0.5) is 36.3 Å². The number of nitrogens with one attached hydrogen (secondary N) is 1. The van der Waals surface area contributed by atoms with Gasteiger partial charge in [-0.1, -0.05) is 90.9 Å². The molecular formula is C88H91Cl3F3N17O10. The maximum Gasteiger partial charge on any atom is 0.350 e. The number of benzene rings is 5. The number of aromatic nitrogens is 6. The van der Waals surface area contributed by atoms with Crippen LogP contribution < -0.4 is 51.2 Å². The van der Waals surface area contributed by atoms with E-state index in [0.717, 1.165) is 56.5 Å². The van der Waals surface area contributed by atoms with Crippen molar-refractivity contribution in [3.8, 4) is 50.6 Å². The number of rotatable bonds is 17. The van der Waals surface area contributed by atoms with Gasteiger partial charge in [0, 0.05) is 161 Å². The zero-order valence-electron chi connectivity index (χ0n) is 67.5. The summed E-state index contributed by atoms with van der Waals surface area (Å²) in [6.07, 6.45) is 8.69. The molecule has 0 aliphatic carbocycles. The van der Waals surface area contributed by atoms with Crippen LogP contribution >= 0.6 is 34.8 Å². The van der Waals surface area contributed by atoms with Gasteiger partial charge in [-0.2, -0.15) is 9.97 Å². The van der Waals surface area contributed by atoms with Crippen molar-refractivity contribution in [3.05, 3.63) is 198 Å². The summed E-state index contributed by atoms with van der Waals surface area (Å²) in [5, 5.41) is 5.69. The van der Waals surface area contributed by atoms with E-state index in [1.54, 1.807) is 85.8 Å². The first-order valence-corrected chi connectivity index (χ1v) is 41.9. The molecule has 3 unspecified atom stereocenters. The first kappa shape index (κ1) is 83.2. The van der Waals surface area contributed by atoms with Crippen molar-refractivity contribution in [2.24, 2.45) is 0 Å². The maximum atomic E-state index is 15.4. The summed E-state index contributed by atoms with van der Waals surface area (Å²) in [5.74, 6) is 0.185. The van der Waals surface area contributed by atoms with Gasteiger partial charge in [0.2, 0.25) is 30.2 Å². The molecule has 6 saturated heterocycles. The third kappa shape index (κ3) is 15.4. The lowest BCUT2D eigenvalue weighted by molar-refractivity contribution is -0.129. The number of hydrogen-bond donors (Lipinski definition) is 1. The quantitative estimate of drug-likeness (QED) is 0.0657. The van der Waals surface area contributed by atoms with E-state index in [0.29, 0.717) is 161 Å². The summed E-state index contributed by atoms with van der Waals surface area (Å²) in [6, 6.07) is 19.3. The fourth-order valence-electron chi connectivity index (χ4n) is 18.6. The Hall–Kier alpha value is -11.5. The molecule has 5 aromatic carbocycles. The van der Waals surface area contributed by atoms with Crippen LogP contribution in [0.5, 0.6) is 17.2 Å². The van der Waals surface area contributed by atoms with Crippen molar-refractivity contribution < 1.29 is 46.6 Å². The van der Waals surface area contributed by atoms with Gasteiger partial charge >= 0.3 is 11.4 Å². The van der Waals surface area contributed by atoms with E-state index >= 15 is 8.78 Å². The highest BCUT2D eigenvalue weighted by Gasteiger charge is 2.42. The lowest BCUT2D eigenvalue weighted by atomic mass is 9.98. The summed E-state index contributed by atoms with van der Waals surface area (Å²) in [6.45, 7) is 34.5. The molecule has 0 spiro atoms. The molecule has 6 fully saturated rings. The van der Waals surface area contributed by atoms with Gasteiger partial charge in [-0.25, -0.2) is 34.3 Å². The van der Waals surface area contributed by atoms with Crippen molar-refractivity contribution in [1.82, 2.24) is 58.1 Å². The molecule has 0 bridgehead atoms. The number of ether oxygens (including phenoxy) is 3. The van der Waals surface area contributed by atoms with Gasteiger partial charge in [-0.05, 0) is 121 Å². The Morgan fingerprint density at radius 1 is 0.545 bits per heavy atom. The molecule has 13 heterocycles. The Morgan fingerprint density at radius 3 is 1.58 bits per heavy atom. The van der Waals surface area contributed by atoms with E-state index in [4.69, 9.17) is 55.6 Å². The fraction of sp³-hybridized carbons (Fsp3) is 0.398. The minimum absolute atomic E-state index is 0.00958. The average molecular weight is 1710 g/mol. The molecule has 0 radical (unpaired) electrons. The summed E-state index contributed by atoms with van der Waals surface area (Å²) < 4.78 is 69.6. The highest BCUT2D eigenvalue weighted by molar-refractivity contribution is 6.36. The number of likely N-dealkylation sites (tertiary alicyclic amines) is 3. The molecule has 4 amide bonds. The molecule has 121 heavy (non-hydrogen) atoms. The zero-order chi connectivity index (χ0) is 85.1. The van der Waals surface area contributed by atoms with Gasteiger partial charge in [0.25, 0.3) is 5.56 Å². The standard InChI is InChI=1S/C30H30ClFN8O4.C29H31ClFN5O3.C29H30ClFN4O3/c1-4-22(41)39-11-10-38(14-17(39)13-33-2)29-19-12-20(31)24(25-21(32)7-8-35-28(25)34-3)27-26(19)40(30(43)36-29)18(16-44-27)15-37-9-5-6-23(37)42;1-4-24(37)34-13-17(2)35(18(3)14-34)28-21-12-22(30)25(20-8-5-6-9-23(20)31)27-26(21)36(29(38)32-28)19(16-39-27)15-33-10-7-11-33;1-3-25(36)34-12-11-33(15-18(34)2)24-14-26(37)35-19(16-32-9-6-10-32)17-38-29-27(20-7-4-5-8-23(20)31)22(30)13-21(24)28(29)35/h4,7-8,12,17-18H,1,5-6,9-11,13-16H2,3H3,(H,34,35);4-6,8-9,12,17-19H,1,7,10-11,13-16H2,2-3H3;3-5,7-8,13-14,18-19H,1,6,9-12,15-17H2,2H3/t17-,18?;17-,18+,19?;18-,19?/m0.1/s1. The molecule has 9 aliphatic heterocycles. The number of nitrogens with zero attached hydrogens (tertiary/aromatic N) is 16. The molecule has 0 saturated carbocycles. The van der Waals surface area contributed by atoms with E-state index < -0.39 is 35.2 Å². The number of pyridine rings is 2. The molecule has 1 N–H and O–H groups in total. The SMILES string of the molecule is C=CC(=O)N1CCN(c2cc(=O)n3c4c(c(-c5ccccc5F)c(Cl)cc24)OCC3CN2CCC2)C[C@H]1C.C=CC(=O)N1C[C@@H](C)N(c2nc(=O)n3c4c(c(-c5ccccc5F)c(Cl)cc24)OCC3CN2CCC2)[C@@H](C)C1.[C-]#[N+]C[C@H]1CN(c2nc(=O)n3c4c(c(-c5c(F)ccnc5NC)c(Cl)cc24)OCC3CN2CCCC2=O)CCN1C(=O)C=C. The van der Waals surface area contributed by atoms with E-state index in [2.05, 4.69) is 64.5 Å². The Kier molecular flexibility index (Phi) is 23.8. The van der Waals surface area contributed by atoms with Crippen LogP contribution in [0.2, 0.25) is 15.1 Å². The highest BCUT2D eigenvalue weighted by atomic mass is 35.5. The largest absolute Gasteiger partial charge is 0.488 e. The van der Waals surface area contributed by atoms with Gasteiger partial charge in [-0.15, -0.1) is 0 Å². The molecule has 7 atom stereocenters. The summed E-state index contributed by atoms with van der Waals surface area (Å²) in [7, 11) is 1.62. The zero-order valence-corrected chi connectivity index (χ0v) is 69.7. The number of carbonyl (C=O) groups is 4. The van der Waals surface area contributed by atoms with E-state index in [1.165, 1.54) is 47.2 Å². The Morgan fingerprint density at radius 2 is 1.05 bits per heavy atom. The number of piperazine rings is 3. The van der Waals surface area contributed by atoms with Crippen molar-refractivity contribution in [3.63, 3.8) is 0 Å². The average Bonchev–Trinajstić information content (AvgIpc) is 1.03. The van der Waals surface area contributed by atoms with Crippen molar-refractivity contribution >= 4 is 114 Å². The van der Waals surface area contributed by atoms with Crippen LogP contribution in [-0.4, -0.2) is 244 Å². The van der Waals surface area contributed by atoms with Crippen LogP contribution in [0.3, 0.4) is 0 Å². The molecule has 630 valence electrons. The molecule has 9 aliphatic rings. The van der Waals surface area contributed by atoms with Crippen molar-refractivity contribution in [2.45, 2.75) is 88.7 Å². The van der Waals surface area contributed by atoms with Crippen LogP contribution in [0, 0.1) is 24.0 Å². The molecule has 9 aromatic rings. The maximum absolute atomic E-state index is 15.4. The minimum Gasteiger partial charge on any atom is -0.488 e. The monoisotopic (exact) mass is 1710 g/mol. The highest BCUT2D eigenvalue weighted by Crippen LogP contribution is 2.52. The normalized spacial score (nSPS) is 21.2. The first-order chi connectivity index (χ1) is 58.4. The predicted molar refractivity (Wildman–Crippen MR) is 461 cm³/mol. The third-order valence-corrected chi connectivity index (χ3v) is 25.4. The van der Waals surface area contributed by atoms with Gasteiger partial charge in [0.1, 0.15) is 60.8 Å². The smallest absolute Gasteiger partial charge is 0.350 e. The summed E-state index contributed by atoms with van der Waals surface area (Å²) in [4.78, 5) is 126. The van der Waals surface area contributed by atoms with Gasteiger partial charge in [0.15, 0.2) is 17.2 Å². The Bertz CT molecular complexity index is 5940. The van der Waals surface area contributed by atoms with Crippen LogP contribution in [0.25, 0.3) is 70.9 Å². The van der Waals surface area contributed by atoms with E-state index in [-0.39, 0.29) is 126 Å². The lowest BCUT2D eigenvalue weighted by Gasteiger charge is -2.45. The van der Waals surface area contributed by atoms with Crippen molar-refractivity contribution in [1.29, 1.82) is 0 Å². The number of anilines is 4. The molecule has 18 rings (SSSR count). The first-order valence-electron chi connectivity index (χ1n) is 40.7. The summed E-state index contributed by atoms with van der Waals surface area (Å²) >= 11 is 20.6. The molecule has 4 aromatic heterocycles. The van der Waals surface area contributed by atoms with E-state index in [9.17, 15) is 38.0 Å². The van der Waals surface area contributed by atoms with Gasteiger partial charge in [-0.3, -0.25) is 37.7 Å². The fourth-order valence-corrected chi connectivity index (χ4v) is 19.5. The van der Waals surface area contributed by atoms with Gasteiger partial charge < -0.3 is 68.5 Å². The van der Waals surface area contributed by atoms with Crippen molar-refractivity contribution in [2.75, 3.05) is 158 Å². The Balaban J connectivity index is 0.000000135. The number of halogens is 6. The van der Waals surface area contributed by atoms with Gasteiger partial charge in [0.05, 0.1) is 66.6 Å². The molecule has 33 heteroatoms. The summed E-state index contributed by atoms with van der Waals surface area (Å²) in [5.41, 5.74) is 3.15. The van der Waals surface area contributed by atoms with Crippen LogP contribution in [0.1, 0.15) is 64.6 Å². The molecular weight excluding hydrogens is 1620 g/mol. The Labute approximate surface area is 710 Å². The predicted octanol–water partition coefficient (Wildman–Crippen LogP) is 11.4. The second-order valence-electron chi connectivity index (χ2n) is 31.9. The minimum atomic E-state index is -0.580. The topological polar surface area (TPSA) is 246 Å². The van der Waals surface area contributed by atoms with E-state index in [1.807, 2.05) is 36.3 Å². The number of amides is 4. The number of carbonyl (C=O) groups excluding carboxylic acids is 4. The third-order valence-electron chi connectivity index (χ3n) is 24.5. The van der Waals surface area contributed by atoms with Crippen LogP contribution in [0.15, 0.2) is 137 Å². The second-order valence-corrected chi connectivity index (χ2v) is 33.1. The molecule has 27 nitrogen and oxygen atoms in total. The number of hydrogen-bond acceptors (Lipinski definition) is 19. The van der Waals surface area contributed by atoms with Crippen LogP contribution in [-0.2, 0) is 19.2 Å². The lowest BCUT2D eigenvalue weighted by Crippen LogP contribution is -2.58. The second kappa shape index (κ2) is 34.6.